The van der Waals surface area contributed by atoms with Gasteiger partial charge in [-0.25, -0.2) is 8.42 Å². The third kappa shape index (κ3) is 4.38. The van der Waals surface area contributed by atoms with E-state index in [1.807, 2.05) is 0 Å². The number of sulfone groups is 1. The quantitative estimate of drug-likeness (QED) is 0.785. The van der Waals surface area contributed by atoms with E-state index in [-0.39, 0.29) is 4.90 Å². The summed E-state index contributed by atoms with van der Waals surface area (Å²) in [5.41, 5.74) is 0.679. The van der Waals surface area contributed by atoms with Crippen molar-refractivity contribution < 1.29 is 21.9 Å². The minimum Gasteiger partial charge on any atom is -0.383 e. The summed E-state index contributed by atoms with van der Waals surface area (Å²) in [6, 6.07) is 5.32. The third-order valence-corrected chi connectivity index (χ3v) is 4.90. The number of hydrogen-bond donors (Lipinski definition) is 1. The summed E-state index contributed by atoms with van der Waals surface area (Å²) in [7, 11) is -4.52. The molecule has 1 aliphatic carbocycles. The molecule has 0 bridgehead atoms. The van der Waals surface area contributed by atoms with Crippen molar-refractivity contribution in [2.45, 2.75) is 42.4 Å². The summed E-state index contributed by atoms with van der Waals surface area (Å²) in [6.07, 6.45) is 5.02. The fourth-order valence-electron chi connectivity index (χ4n) is 2.34. The monoisotopic (exact) mass is 319 g/mol. The Morgan fingerprint density at radius 2 is 1.81 bits per heavy atom. The minimum absolute atomic E-state index is 0.352. The average Bonchev–Trinajstić information content (AvgIpc) is 2.97. The van der Waals surface area contributed by atoms with Crippen LogP contribution in [-0.4, -0.2) is 33.4 Å². The van der Waals surface area contributed by atoms with Gasteiger partial charge >= 0.3 is 5.76 Å². The Balaban J connectivity index is 1.79. The van der Waals surface area contributed by atoms with Gasteiger partial charge in [0, 0.05) is 12.2 Å². The molecule has 0 radical (unpaired) electrons. The molecule has 1 aliphatic rings. The van der Waals surface area contributed by atoms with Crippen molar-refractivity contribution in [2.75, 3.05) is 18.5 Å². The molecule has 2 rings (SSSR count). The lowest BCUT2D eigenvalue weighted by Crippen LogP contribution is -2.15. The number of benzene rings is 1. The van der Waals surface area contributed by atoms with Crippen molar-refractivity contribution in [3.05, 3.63) is 24.3 Å². The predicted octanol–water partition coefficient (Wildman–Crippen LogP) is 3.05. The molecule has 0 saturated heterocycles. The van der Waals surface area contributed by atoms with Gasteiger partial charge in [-0.1, -0.05) is 12.8 Å². The summed E-state index contributed by atoms with van der Waals surface area (Å²) in [5, 5.41) is 3.07. The Morgan fingerprint density at radius 1 is 1.19 bits per heavy atom. The summed E-state index contributed by atoms with van der Waals surface area (Å²) < 4.78 is 52.9. The van der Waals surface area contributed by atoms with Gasteiger partial charge in [0.1, 0.15) is 0 Å². The van der Waals surface area contributed by atoms with Crippen LogP contribution in [0.3, 0.4) is 0 Å². The molecule has 21 heavy (non-hydrogen) atoms. The molecular formula is C14H19F2NO3S. The first-order valence-electron chi connectivity index (χ1n) is 6.98. The highest BCUT2D eigenvalue weighted by atomic mass is 32.2. The molecule has 1 aromatic rings. The van der Waals surface area contributed by atoms with E-state index >= 15 is 0 Å². The Morgan fingerprint density at radius 3 is 2.38 bits per heavy atom. The number of alkyl halides is 2. The molecule has 0 heterocycles. The van der Waals surface area contributed by atoms with Crippen LogP contribution in [0.2, 0.25) is 0 Å². The highest BCUT2D eigenvalue weighted by Gasteiger charge is 2.26. The van der Waals surface area contributed by atoms with Gasteiger partial charge in [-0.3, -0.25) is 0 Å². The molecule has 1 aromatic carbocycles. The minimum atomic E-state index is -4.52. The van der Waals surface area contributed by atoms with Crippen LogP contribution in [0.15, 0.2) is 29.2 Å². The van der Waals surface area contributed by atoms with Crippen LogP contribution >= 0.6 is 0 Å². The molecule has 4 nitrogen and oxygen atoms in total. The number of rotatable bonds is 7. The van der Waals surface area contributed by atoms with Crippen LogP contribution in [0.4, 0.5) is 14.5 Å². The van der Waals surface area contributed by atoms with E-state index in [0.717, 1.165) is 12.8 Å². The van der Waals surface area contributed by atoms with Crippen molar-refractivity contribution in [3.63, 3.8) is 0 Å². The molecular weight excluding hydrogens is 300 g/mol. The van der Waals surface area contributed by atoms with Crippen LogP contribution in [0.1, 0.15) is 25.7 Å². The molecule has 0 aromatic heterocycles. The smallest absolute Gasteiger partial charge is 0.341 e. The van der Waals surface area contributed by atoms with Crippen molar-refractivity contribution in [1.82, 2.24) is 0 Å². The maximum Gasteiger partial charge on any atom is 0.341 e. The zero-order valence-electron chi connectivity index (χ0n) is 11.6. The summed E-state index contributed by atoms with van der Waals surface area (Å²) in [6.45, 7) is 1.17. The summed E-state index contributed by atoms with van der Waals surface area (Å²) in [4.78, 5) is -0.370. The van der Waals surface area contributed by atoms with Gasteiger partial charge in [0.15, 0.2) is 0 Å². The Kier molecular flexibility index (Phi) is 5.52. The molecule has 1 saturated carbocycles. The molecule has 1 N–H and O–H groups in total. The molecule has 0 atom stereocenters. The fourth-order valence-corrected chi connectivity index (χ4v) is 3.06. The Hall–Kier alpha value is -1.21. The third-order valence-electron chi connectivity index (χ3n) is 3.50. The first-order chi connectivity index (χ1) is 10.00. The lowest BCUT2D eigenvalue weighted by atomic mass is 10.3. The fraction of sp³-hybridized carbons (Fsp3) is 0.571. The van der Waals surface area contributed by atoms with Crippen molar-refractivity contribution >= 4 is 15.5 Å². The Bertz CT molecular complexity index is 540. The molecule has 7 heteroatoms. The van der Waals surface area contributed by atoms with E-state index in [1.54, 1.807) is 0 Å². The van der Waals surface area contributed by atoms with Gasteiger partial charge in [-0.05, 0) is 37.1 Å². The maximum atomic E-state index is 12.4. The zero-order chi connectivity index (χ0) is 15.3. The van der Waals surface area contributed by atoms with E-state index in [1.165, 1.54) is 37.1 Å². The van der Waals surface area contributed by atoms with Crippen LogP contribution < -0.4 is 5.32 Å². The van der Waals surface area contributed by atoms with E-state index in [2.05, 4.69) is 5.32 Å². The standard InChI is InChI=1S/C14H19F2NO3S/c15-14(16)21(18,19)13-7-5-11(6-8-13)17-9-10-20-12-3-1-2-4-12/h5-8,12,14,17H,1-4,9-10H2. The van der Waals surface area contributed by atoms with Crippen LogP contribution in [0.25, 0.3) is 0 Å². The van der Waals surface area contributed by atoms with E-state index in [4.69, 9.17) is 4.74 Å². The van der Waals surface area contributed by atoms with E-state index < -0.39 is 15.6 Å². The van der Waals surface area contributed by atoms with Crippen molar-refractivity contribution in [2.24, 2.45) is 0 Å². The van der Waals surface area contributed by atoms with Crippen LogP contribution in [0.5, 0.6) is 0 Å². The van der Waals surface area contributed by atoms with E-state index in [0.29, 0.717) is 24.9 Å². The van der Waals surface area contributed by atoms with Gasteiger partial charge < -0.3 is 10.1 Å². The van der Waals surface area contributed by atoms with Gasteiger partial charge in [0.25, 0.3) is 0 Å². The van der Waals surface area contributed by atoms with Crippen molar-refractivity contribution in [3.8, 4) is 0 Å². The second kappa shape index (κ2) is 7.17. The highest BCUT2D eigenvalue weighted by Crippen LogP contribution is 2.21. The SMILES string of the molecule is O=S(=O)(c1ccc(NCCOC2CCCC2)cc1)C(F)F. The highest BCUT2D eigenvalue weighted by molar-refractivity contribution is 7.91. The number of ether oxygens (including phenoxy) is 1. The Labute approximate surface area is 123 Å². The van der Waals surface area contributed by atoms with Crippen molar-refractivity contribution in [1.29, 1.82) is 0 Å². The molecule has 1 fully saturated rings. The maximum absolute atomic E-state index is 12.4. The topological polar surface area (TPSA) is 55.4 Å². The predicted molar refractivity (Wildman–Crippen MR) is 76.3 cm³/mol. The second-order valence-electron chi connectivity index (χ2n) is 5.03. The molecule has 0 amide bonds. The summed E-state index contributed by atoms with van der Waals surface area (Å²) >= 11 is 0. The largest absolute Gasteiger partial charge is 0.383 e. The second-order valence-corrected chi connectivity index (χ2v) is 6.95. The van der Waals surface area contributed by atoms with Gasteiger partial charge in [0.2, 0.25) is 9.84 Å². The van der Waals surface area contributed by atoms with Gasteiger partial charge in [-0.15, -0.1) is 0 Å². The number of hydrogen-bond acceptors (Lipinski definition) is 4. The van der Waals surface area contributed by atoms with Crippen LogP contribution in [-0.2, 0) is 14.6 Å². The number of halogens is 2. The molecule has 118 valence electrons. The lowest BCUT2D eigenvalue weighted by molar-refractivity contribution is 0.0659. The number of anilines is 1. The molecule has 0 aliphatic heterocycles. The van der Waals surface area contributed by atoms with Crippen LogP contribution in [0, 0.1) is 0 Å². The molecule has 0 spiro atoms. The average molecular weight is 319 g/mol. The molecule has 0 unspecified atom stereocenters. The van der Waals surface area contributed by atoms with Gasteiger partial charge in [-0.2, -0.15) is 8.78 Å². The van der Waals surface area contributed by atoms with E-state index in [9.17, 15) is 17.2 Å². The van der Waals surface area contributed by atoms with Gasteiger partial charge in [0.05, 0.1) is 17.6 Å². The normalized spacial score (nSPS) is 16.5. The number of nitrogens with one attached hydrogen (secondary N) is 1. The lowest BCUT2D eigenvalue weighted by Gasteiger charge is -2.12. The zero-order valence-corrected chi connectivity index (χ0v) is 12.4. The summed E-state index contributed by atoms with van der Waals surface area (Å²) in [5.74, 6) is -3.39. The first-order valence-corrected chi connectivity index (χ1v) is 8.52. The first kappa shape index (κ1) is 16.2.